The molecule has 0 fully saturated rings. The van der Waals surface area contributed by atoms with Crippen LogP contribution in [0.3, 0.4) is 0 Å². The van der Waals surface area contributed by atoms with Crippen molar-refractivity contribution in [2.24, 2.45) is 0 Å². The van der Waals surface area contributed by atoms with Gasteiger partial charge in [0.1, 0.15) is 0 Å². The topological polar surface area (TPSA) is 80.3 Å². The zero-order valence-electron chi connectivity index (χ0n) is 16.2. The van der Waals surface area contributed by atoms with Crippen molar-refractivity contribution in [3.8, 4) is 0 Å². The van der Waals surface area contributed by atoms with Crippen molar-refractivity contribution in [1.29, 1.82) is 0 Å². The average Bonchev–Trinajstić information content (AvgIpc) is 2.75. The third-order valence-electron chi connectivity index (χ3n) is 4.23. The lowest BCUT2D eigenvalue weighted by atomic mass is 10.1. The molecule has 0 atom stereocenters. The van der Waals surface area contributed by atoms with Gasteiger partial charge in [-0.05, 0) is 49.2 Å². The van der Waals surface area contributed by atoms with Gasteiger partial charge in [-0.15, -0.1) is 0 Å². The number of amides is 1. The van der Waals surface area contributed by atoms with Crippen LogP contribution < -0.4 is 10.6 Å². The number of rotatable bonds is 8. The molecule has 0 unspecified atom stereocenters. The van der Waals surface area contributed by atoms with Crippen LogP contribution in [0.5, 0.6) is 0 Å². The summed E-state index contributed by atoms with van der Waals surface area (Å²) in [6.07, 6.45) is 3.94. The van der Waals surface area contributed by atoms with Gasteiger partial charge < -0.3 is 15.4 Å². The van der Waals surface area contributed by atoms with Gasteiger partial charge in [0, 0.05) is 18.4 Å². The van der Waals surface area contributed by atoms with E-state index < -0.39 is 0 Å². The lowest BCUT2D eigenvalue weighted by molar-refractivity contribution is 0.0526. The van der Waals surface area contributed by atoms with Crippen LogP contribution in [0.15, 0.2) is 73.1 Å². The van der Waals surface area contributed by atoms with Gasteiger partial charge in [0.2, 0.25) is 0 Å². The molecule has 0 saturated carbocycles. The number of pyridine rings is 1. The Kier molecular flexibility index (Phi) is 6.95. The molecule has 0 aliphatic carbocycles. The van der Waals surface area contributed by atoms with Gasteiger partial charge in [0.05, 0.1) is 29.6 Å². The van der Waals surface area contributed by atoms with Gasteiger partial charge in [0.25, 0.3) is 5.91 Å². The molecule has 3 aromatic rings. The van der Waals surface area contributed by atoms with Gasteiger partial charge in [0.15, 0.2) is 0 Å². The van der Waals surface area contributed by atoms with Crippen LogP contribution in [0.2, 0.25) is 0 Å². The molecular weight excluding hydrogens is 366 g/mol. The van der Waals surface area contributed by atoms with E-state index in [1.807, 2.05) is 30.3 Å². The van der Waals surface area contributed by atoms with E-state index in [0.29, 0.717) is 30.0 Å². The van der Waals surface area contributed by atoms with Crippen LogP contribution >= 0.6 is 0 Å². The molecule has 0 aliphatic rings. The second kappa shape index (κ2) is 10.0. The van der Waals surface area contributed by atoms with Crippen LogP contribution in [0.4, 0.5) is 11.4 Å². The molecule has 148 valence electrons. The molecule has 1 heterocycles. The molecule has 1 aromatic heterocycles. The molecule has 1 amide bonds. The second-order valence-electron chi connectivity index (χ2n) is 6.38. The summed E-state index contributed by atoms with van der Waals surface area (Å²) in [5.74, 6) is -0.523. The Labute approximate surface area is 169 Å². The van der Waals surface area contributed by atoms with Crippen LogP contribution in [0.1, 0.15) is 33.2 Å². The van der Waals surface area contributed by atoms with E-state index in [-0.39, 0.29) is 11.9 Å². The molecule has 3 rings (SSSR count). The fourth-order valence-electron chi connectivity index (χ4n) is 2.77. The molecular formula is C23H23N3O3. The maximum Gasteiger partial charge on any atom is 0.338 e. The monoisotopic (exact) mass is 389 g/mol. The predicted molar refractivity (Wildman–Crippen MR) is 112 cm³/mol. The van der Waals surface area contributed by atoms with Crippen molar-refractivity contribution in [1.82, 2.24) is 10.3 Å². The molecule has 0 radical (unpaired) electrons. The smallest absolute Gasteiger partial charge is 0.338 e. The highest BCUT2D eigenvalue weighted by atomic mass is 16.5. The highest BCUT2D eigenvalue weighted by Gasteiger charge is 2.08. The first kappa shape index (κ1) is 20.1. The Bertz CT molecular complexity index is 957. The molecule has 0 aliphatic heterocycles. The highest BCUT2D eigenvalue weighted by molar-refractivity contribution is 5.95. The van der Waals surface area contributed by atoms with Crippen LogP contribution in [-0.4, -0.2) is 30.0 Å². The molecule has 6 heteroatoms. The van der Waals surface area contributed by atoms with Crippen molar-refractivity contribution < 1.29 is 14.3 Å². The standard InChI is InChI=1S/C23H23N3O3/c1-2-29-23(28)18-8-10-20(11-9-18)26-21-14-19(15-24-16-21)22(27)25-13-12-17-6-4-3-5-7-17/h3-11,14-16,26H,2,12-13H2,1H3,(H,25,27). The van der Waals surface area contributed by atoms with Crippen LogP contribution in [0, 0.1) is 0 Å². The fraction of sp³-hybridized carbons (Fsp3) is 0.174. The van der Waals surface area contributed by atoms with E-state index in [1.54, 1.807) is 43.5 Å². The van der Waals surface area contributed by atoms with Gasteiger partial charge in [-0.2, -0.15) is 0 Å². The Balaban J connectivity index is 1.57. The second-order valence-corrected chi connectivity index (χ2v) is 6.38. The van der Waals surface area contributed by atoms with Gasteiger partial charge in [-0.3, -0.25) is 9.78 Å². The lowest BCUT2D eigenvalue weighted by Gasteiger charge is -2.09. The Hall–Kier alpha value is -3.67. The van der Waals surface area contributed by atoms with E-state index in [0.717, 1.165) is 12.1 Å². The number of hydrogen-bond acceptors (Lipinski definition) is 5. The minimum absolute atomic E-state index is 0.172. The minimum Gasteiger partial charge on any atom is -0.462 e. The Morgan fingerprint density at radius 2 is 1.69 bits per heavy atom. The summed E-state index contributed by atoms with van der Waals surface area (Å²) in [5, 5.41) is 6.10. The molecule has 2 aromatic carbocycles. The molecule has 29 heavy (non-hydrogen) atoms. The van der Waals surface area contributed by atoms with Crippen molar-refractivity contribution in [2.45, 2.75) is 13.3 Å². The van der Waals surface area contributed by atoms with Crippen molar-refractivity contribution in [2.75, 3.05) is 18.5 Å². The number of carbonyl (C=O) groups excluding carboxylic acids is 2. The molecule has 0 bridgehead atoms. The van der Waals surface area contributed by atoms with Gasteiger partial charge in [-0.25, -0.2) is 4.79 Å². The number of esters is 1. The van der Waals surface area contributed by atoms with E-state index in [1.165, 1.54) is 11.8 Å². The first-order valence-corrected chi connectivity index (χ1v) is 9.47. The van der Waals surface area contributed by atoms with E-state index in [2.05, 4.69) is 15.6 Å². The number of anilines is 2. The quantitative estimate of drug-likeness (QED) is 0.570. The maximum atomic E-state index is 12.4. The normalized spacial score (nSPS) is 10.2. The Morgan fingerprint density at radius 3 is 2.41 bits per heavy atom. The maximum absolute atomic E-state index is 12.4. The zero-order valence-corrected chi connectivity index (χ0v) is 16.2. The average molecular weight is 389 g/mol. The first-order chi connectivity index (χ1) is 14.2. The van der Waals surface area contributed by atoms with Gasteiger partial charge in [-0.1, -0.05) is 30.3 Å². The van der Waals surface area contributed by atoms with Crippen molar-refractivity contribution in [3.63, 3.8) is 0 Å². The summed E-state index contributed by atoms with van der Waals surface area (Å²) in [6.45, 7) is 2.66. The summed E-state index contributed by atoms with van der Waals surface area (Å²) in [6, 6.07) is 18.7. The number of carbonyl (C=O) groups is 2. The first-order valence-electron chi connectivity index (χ1n) is 9.47. The molecule has 0 spiro atoms. The third-order valence-corrected chi connectivity index (χ3v) is 4.23. The Morgan fingerprint density at radius 1 is 0.931 bits per heavy atom. The zero-order chi connectivity index (χ0) is 20.5. The number of ether oxygens (including phenoxy) is 1. The minimum atomic E-state index is -0.352. The summed E-state index contributed by atoms with van der Waals surface area (Å²) < 4.78 is 4.97. The summed E-state index contributed by atoms with van der Waals surface area (Å²) in [4.78, 5) is 28.2. The summed E-state index contributed by atoms with van der Waals surface area (Å²) >= 11 is 0. The number of aromatic nitrogens is 1. The van der Waals surface area contributed by atoms with Crippen molar-refractivity contribution >= 4 is 23.3 Å². The molecule has 0 saturated heterocycles. The summed E-state index contributed by atoms with van der Waals surface area (Å²) in [5.41, 5.74) is 3.60. The highest BCUT2D eigenvalue weighted by Crippen LogP contribution is 2.18. The molecule has 6 nitrogen and oxygen atoms in total. The lowest BCUT2D eigenvalue weighted by Crippen LogP contribution is -2.25. The number of hydrogen-bond donors (Lipinski definition) is 2. The van der Waals surface area contributed by atoms with E-state index >= 15 is 0 Å². The van der Waals surface area contributed by atoms with Gasteiger partial charge >= 0.3 is 5.97 Å². The predicted octanol–water partition coefficient (Wildman–Crippen LogP) is 3.97. The fourth-order valence-corrected chi connectivity index (χ4v) is 2.77. The SMILES string of the molecule is CCOC(=O)c1ccc(Nc2cncc(C(=O)NCCc3ccccc3)c2)cc1. The largest absolute Gasteiger partial charge is 0.462 e. The van der Waals surface area contributed by atoms with Crippen LogP contribution in [-0.2, 0) is 11.2 Å². The number of nitrogens with zero attached hydrogens (tertiary/aromatic N) is 1. The van der Waals surface area contributed by atoms with E-state index in [4.69, 9.17) is 4.74 Å². The molecule has 2 N–H and O–H groups in total. The van der Waals surface area contributed by atoms with E-state index in [9.17, 15) is 9.59 Å². The van der Waals surface area contributed by atoms with Crippen LogP contribution in [0.25, 0.3) is 0 Å². The third kappa shape index (κ3) is 5.90. The number of nitrogens with one attached hydrogen (secondary N) is 2. The summed E-state index contributed by atoms with van der Waals surface area (Å²) in [7, 11) is 0. The van der Waals surface area contributed by atoms with Crippen molar-refractivity contribution in [3.05, 3.63) is 89.7 Å². The number of benzene rings is 2.